The van der Waals surface area contributed by atoms with E-state index in [1.165, 1.54) is 0 Å². The van der Waals surface area contributed by atoms with Gasteiger partial charge in [-0.3, -0.25) is 14.2 Å². The molecule has 1 N–H and O–H groups in total. The molecule has 0 aliphatic carbocycles. The summed E-state index contributed by atoms with van der Waals surface area (Å²) in [6, 6.07) is 2.05. The van der Waals surface area contributed by atoms with Crippen molar-refractivity contribution in [2.75, 3.05) is 6.54 Å². The highest BCUT2D eigenvalue weighted by Crippen LogP contribution is 2.02. The third-order valence-corrected chi connectivity index (χ3v) is 3.16. The minimum atomic E-state index is -0.0712. The van der Waals surface area contributed by atoms with Gasteiger partial charge < -0.3 is 5.32 Å². The predicted molar refractivity (Wildman–Crippen MR) is 76.6 cm³/mol. The van der Waals surface area contributed by atoms with Crippen molar-refractivity contribution in [2.45, 2.75) is 40.3 Å². The quantitative estimate of drug-likeness (QED) is 0.813. The number of hydrogen-bond acceptors (Lipinski definition) is 3. The summed E-state index contributed by atoms with van der Waals surface area (Å²) in [4.78, 5) is 11.9. The molecule has 0 aromatic carbocycles. The number of aryl methyl sites for hydroxylation is 4. The van der Waals surface area contributed by atoms with Crippen molar-refractivity contribution in [3.63, 3.8) is 0 Å². The maximum absolute atomic E-state index is 11.9. The van der Waals surface area contributed by atoms with Crippen LogP contribution in [0.15, 0.2) is 18.5 Å². The second-order valence-corrected chi connectivity index (χ2v) is 4.84. The average molecular weight is 275 g/mol. The van der Waals surface area contributed by atoms with Gasteiger partial charge in [-0.25, -0.2) is 0 Å². The first kappa shape index (κ1) is 14.3. The lowest BCUT2D eigenvalue weighted by Gasteiger charge is -2.05. The molecule has 0 saturated heterocycles. The smallest absolute Gasteiger partial charge is 0.254 e. The summed E-state index contributed by atoms with van der Waals surface area (Å²) in [5.41, 5.74) is 2.79. The molecule has 0 aliphatic heterocycles. The highest BCUT2D eigenvalue weighted by molar-refractivity contribution is 5.93. The largest absolute Gasteiger partial charge is 0.352 e. The summed E-state index contributed by atoms with van der Waals surface area (Å²) in [5, 5.41) is 11.4. The molecular weight excluding hydrogens is 254 g/mol. The molecule has 2 heterocycles. The van der Waals surface area contributed by atoms with E-state index in [-0.39, 0.29) is 5.91 Å². The van der Waals surface area contributed by atoms with Crippen LogP contribution in [0.1, 0.15) is 35.1 Å². The van der Waals surface area contributed by atoms with Gasteiger partial charge in [-0.15, -0.1) is 0 Å². The van der Waals surface area contributed by atoms with Gasteiger partial charge in [-0.05, 0) is 33.3 Å². The Morgan fingerprint density at radius 1 is 1.40 bits per heavy atom. The zero-order valence-electron chi connectivity index (χ0n) is 12.3. The van der Waals surface area contributed by atoms with Gasteiger partial charge in [-0.1, -0.05) is 0 Å². The number of nitrogens with zero attached hydrogens (tertiary/aromatic N) is 4. The highest BCUT2D eigenvalue weighted by atomic mass is 16.1. The molecule has 2 aromatic heterocycles. The summed E-state index contributed by atoms with van der Waals surface area (Å²) in [7, 11) is 0. The number of amides is 1. The Bertz CT molecular complexity index is 584. The molecule has 1 amide bonds. The minimum Gasteiger partial charge on any atom is -0.352 e. The van der Waals surface area contributed by atoms with Crippen LogP contribution in [0, 0.1) is 13.8 Å². The third kappa shape index (κ3) is 3.46. The van der Waals surface area contributed by atoms with Crippen LogP contribution in [0.2, 0.25) is 0 Å². The number of rotatable bonds is 6. The standard InChI is InChI=1S/C14H21N5O/c1-4-18-10-13(9-16-18)14(20)15-6-5-7-19-12(3)8-11(2)17-19/h8-10H,4-7H2,1-3H3,(H,15,20). The fourth-order valence-electron chi connectivity index (χ4n) is 2.09. The van der Waals surface area contributed by atoms with Crippen molar-refractivity contribution >= 4 is 5.91 Å². The van der Waals surface area contributed by atoms with Crippen LogP contribution in [0.4, 0.5) is 0 Å². The van der Waals surface area contributed by atoms with Crippen LogP contribution in [0.25, 0.3) is 0 Å². The predicted octanol–water partition coefficient (Wildman–Crippen LogP) is 1.54. The molecule has 6 heteroatoms. The van der Waals surface area contributed by atoms with E-state index < -0.39 is 0 Å². The van der Waals surface area contributed by atoms with Gasteiger partial charge in [-0.2, -0.15) is 10.2 Å². The molecule has 2 rings (SSSR count). The van der Waals surface area contributed by atoms with E-state index in [1.807, 2.05) is 25.5 Å². The number of carbonyl (C=O) groups excluding carboxylic acids is 1. The molecule has 0 atom stereocenters. The normalized spacial score (nSPS) is 10.8. The molecule has 0 bridgehead atoms. The molecule has 0 spiro atoms. The second-order valence-electron chi connectivity index (χ2n) is 4.84. The lowest BCUT2D eigenvalue weighted by Crippen LogP contribution is -2.25. The molecule has 0 fully saturated rings. The third-order valence-electron chi connectivity index (χ3n) is 3.16. The van der Waals surface area contributed by atoms with Crippen molar-refractivity contribution < 1.29 is 4.79 Å². The molecule has 108 valence electrons. The zero-order chi connectivity index (χ0) is 14.5. The monoisotopic (exact) mass is 275 g/mol. The van der Waals surface area contributed by atoms with Gasteiger partial charge in [0, 0.05) is 31.5 Å². The first-order chi connectivity index (χ1) is 9.60. The van der Waals surface area contributed by atoms with Crippen molar-refractivity contribution in [1.29, 1.82) is 0 Å². The Morgan fingerprint density at radius 3 is 2.80 bits per heavy atom. The van der Waals surface area contributed by atoms with Crippen LogP contribution in [-0.2, 0) is 13.1 Å². The van der Waals surface area contributed by atoms with Crippen LogP contribution in [0.3, 0.4) is 0 Å². The molecule has 20 heavy (non-hydrogen) atoms. The summed E-state index contributed by atoms with van der Waals surface area (Å²) in [5.74, 6) is -0.0712. The van der Waals surface area contributed by atoms with E-state index in [2.05, 4.69) is 21.6 Å². The molecule has 6 nitrogen and oxygen atoms in total. The van der Waals surface area contributed by atoms with Gasteiger partial charge in [0.25, 0.3) is 5.91 Å². The molecule has 0 unspecified atom stereocenters. The van der Waals surface area contributed by atoms with Crippen molar-refractivity contribution in [2.24, 2.45) is 0 Å². The van der Waals surface area contributed by atoms with E-state index >= 15 is 0 Å². The number of hydrogen-bond donors (Lipinski definition) is 1. The van der Waals surface area contributed by atoms with E-state index in [0.29, 0.717) is 12.1 Å². The van der Waals surface area contributed by atoms with E-state index in [9.17, 15) is 4.79 Å². The Labute approximate surface area is 118 Å². The highest BCUT2D eigenvalue weighted by Gasteiger charge is 2.07. The first-order valence-corrected chi connectivity index (χ1v) is 6.92. The van der Waals surface area contributed by atoms with Crippen LogP contribution in [-0.4, -0.2) is 32.0 Å². The summed E-state index contributed by atoms with van der Waals surface area (Å²) < 4.78 is 3.71. The maximum Gasteiger partial charge on any atom is 0.254 e. The van der Waals surface area contributed by atoms with Crippen LogP contribution in [0.5, 0.6) is 0 Å². The Balaban J connectivity index is 1.75. The first-order valence-electron chi connectivity index (χ1n) is 6.92. The van der Waals surface area contributed by atoms with Gasteiger partial charge in [0.1, 0.15) is 0 Å². The van der Waals surface area contributed by atoms with Gasteiger partial charge in [0.15, 0.2) is 0 Å². The topological polar surface area (TPSA) is 64.7 Å². The number of carbonyl (C=O) groups is 1. The Hall–Kier alpha value is -2.11. The summed E-state index contributed by atoms with van der Waals surface area (Å²) in [6.07, 6.45) is 4.21. The van der Waals surface area contributed by atoms with Gasteiger partial charge in [0.2, 0.25) is 0 Å². The van der Waals surface area contributed by atoms with E-state index in [1.54, 1.807) is 17.1 Å². The maximum atomic E-state index is 11.9. The molecule has 0 radical (unpaired) electrons. The summed E-state index contributed by atoms with van der Waals surface area (Å²) in [6.45, 7) is 8.23. The van der Waals surface area contributed by atoms with Gasteiger partial charge in [0.05, 0.1) is 17.5 Å². The minimum absolute atomic E-state index is 0.0712. The Morgan fingerprint density at radius 2 is 2.20 bits per heavy atom. The SMILES string of the molecule is CCn1cc(C(=O)NCCCn2nc(C)cc2C)cn1. The van der Waals surface area contributed by atoms with Crippen molar-refractivity contribution in [1.82, 2.24) is 24.9 Å². The Kier molecular flexibility index (Phi) is 4.55. The second kappa shape index (κ2) is 6.36. The fraction of sp³-hybridized carbons (Fsp3) is 0.500. The van der Waals surface area contributed by atoms with Crippen LogP contribution < -0.4 is 5.32 Å². The number of nitrogens with one attached hydrogen (secondary N) is 1. The van der Waals surface area contributed by atoms with E-state index in [0.717, 1.165) is 30.9 Å². The van der Waals surface area contributed by atoms with Crippen molar-refractivity contribution in [3.05, 3.63) is 35.4 Å². The molecule has 0 saturated carbocycles. The zero-order valence-corrected chi connectivity index (χ0v) is 12.3. The fourth-order valence-corrected chi connectivity index (χ4v) is 2.09. The molecular formula is C14H21N5O. The van der Waals surface area contributed by atoms with Gasteiger partial charge >= 0.3 is 0 Å². The molecule has 0 aliphatic rings. The average Bonchev–Trinajstić information content (AvgIpc) is 3.01. The molecule has 2 aromatic rings. The van der Waals surface area contributed by atoms with E-state index in [4.69, 9.17) is 0 Å². The lowest BCUT2D eigenvalue weighted by atomic mass is 10.3. The number of aromatic nitrogens is 4. The lowest BCUT2D eigenvalue weighted by molar-refractivity contribution is 0.0952. The van der Waals surface area contributed by atoms with Crippen molar-refractivity contribution in [3.8, 4) is 0 Å². The van der Waals surface area contributed by atoms with Crippen LogP contribution >= 0.6 is 0 Å². The summed E-state index contributed by atoms with van der Waals surface area (Å²) >= 11 is 0.